The van der Waals surface area contributed by atoms with E-state index in [0.717, 1.165) is 17.1 Å². The maximum absolute atomic E-state index is 2.56. The maximum Gasteiger partial charge on any atom is 0.0726 e. The highest BCUT2D eigenvalue weighted by Gasteiger charge is 2.52. The largest absolute Gasteiger partial charge is 0.310 e. The molecule has 0 bridgehead atoms. The van der Waals surface area contributed by atoms with Crippen molar-refractivity contribution < 1.29 is 0 Å². The first kappa shape index (κ1) is 49.3. The molecule has 11 aromatic carbocycles. The summed E-state index contributed by atoms with van der Waals surface area (Å²) in [4.78, 5) is 2.55. The zero-order chi connectivity index (χ0) is 55.4. The molecule has 0 radical (unpaired) electrons. The molecule has 0 saturated carbocycles. The van der Waals surface area contributed by atoms with E-state index in [2.05, 4.69) is 310 Å². The van der Waals surface area contributed by atoms with Crippen LogP contribution in [0.4, 0.5) is 17.1 Å². The smallest absolute Gasteiger partial charge is 0.0726 e. The number of hydrogen-bond acceptors (Lipinski definition) is 1. The van der Waals surface area contributed by atoms with Gasteiger partial charge in [0, 0.05) is 27.8 Å². The summed E-state index contributed by atoms with van der Waals surface area (Å²) in [7, 11) is 0. The van der Waals surface area contributed by atoms with Gasteiger partial charge >= 0.3 is 0 Å². The molecule has 15 rings (SSSR count). The van der Waals surface area contributed by atoms with Crippen LogP contribution < -0.4 is 4.90 Å². The Balaban J connectivity index is 0.947. The molecule has 1 heteroatoms. The second-order valence-corrected chi connectivity index (χ2v) is 26.1. The molecule has 0 aliphatic heterocycles. The van der Waals surface area contributed by atoms with Gasteiger partial charge in [0.15, 0.2) is 0 Å². The Kier molecular flexibility index (Phi) is 10.6. The number of rotatable bonds is 6. The van der Waals surface area contributed by atoms with Gasteiger partial charge < -0.3 is 4.90 Å². The Morgan fingerprint density at radius 1 is 0.296 bits per heavy atom. The number of para-hydroxylation sites is 1. The summed E-state index contributed by atoms with van der Waals surface area (Å²) >= 11 is 0. The minimum absolute atomic E-state index is 0.0132. The summed E-state index contributed by atoms with van der Waals surface area (Å²) in [5, 5.41) is 0. The lowest BCUT2D eigenvalue weighted by Gasteiger charge is -2.33. The average molecular weight is 1040 g/mol. The van der Waals surface area contributed by atoms with Crippen LogP contribution in [0.2, 0.25) is 0 Å². The normalized spacial score (nSPS) is 16.2. The van der Waals surface area contributed by atoms with Crippen LogP contribution in [0.1, 0.15) is 124 Å². The highest BCUT2D eigenvalue weighted by molar-refractivity contribution is 5.99. The Hall–Kier alpha value is -8.78. The molecular formula is C80H67N. The summed E-state index contributed by atoms with van der Waals surface area (Å²) in [5.74, 6) is 0. The Morgan fingerprint density at radius 2 is 0.753 bits per heavy atom. The molecule has 0 heterocycles. The lowest BCUT2D eigenvalue weighted by Crippen LogP contribution is -2.26. The summed E-state index contributed by atoms with van der Waals surface area (Å²) in [5.41, 5.74) is 32.6. The van der Waals surface area contributed by atoms with E-state index in [9.17, 15) is 0 Å². The topological polar surface area (TPSA) is 3.24 Å². The molecule has 11 aromatic rings. The van der Waals surface area contributed by atoms with Crippen molar-refractivity contribution in [3.05, 3.63) is 304 Å². The van der Waals surface area contributed by atoms with E-state index in [4.69, 9.17) is 0 Å². The monoisotopic (exact) mass is 1040 g/mol. The first-order valence-corrected chi connectivity index (χ1v) is 29.2. The van der Waals surface area contributed by atoms with Crippen molar-refractivity contribution in [1.82, 2.24) is 0 Å². The van der Waals surface area contributed by atoms with E-state index in [-0.39, 0.29) is 21.7 Å². The van der Waals surface area contributed by atoms with Gasteiger partial charge in [-0.3, -0.25) is 0 Å². The number of benzene rings is 11. The molecule has 1 atom stereocenters. The zero-order valence-corrected chi connectivity index (χ0v) is 48.0. The molecule has 81 heavy (non-hydrogen) atoms. The molecular weight excluding hydrogens is 975 g/mol. The number of anilines is 3. The fourth-order valence-electron chi connectivity index (χ4n) is 15.2. The van der Waals surface area contributed by atoms with Gasteiger partial charge in [-0.2, -0.15) is 0 Å². The van der Waals surface area contributed by atoms with Crippen LogP contribution in [-0.4, -0.2) is 0 Å². The summed E-state index contributed by atoms with van der Waals surface area (Å²) in [6, 6.07) is 93.2. The van der Waals surface area contributed by atoms with Crippen molar-refractivity contribution in [2.75, 3.05) is 4.90 Å². The lowest BCUT2D eigenvalue weighted by molar-refractivity contribution is 0.589. The second kappa shape index (κ2) is 17.4. The molecule has 0 fully saturated rings. The molecule has 0 amide bonds. The fraction of sp³-hybridized carbons (Fsp3) is 0.175. The van der Waals surface area contributed by atoms with Crippen LogP contribution >= 0.6 is 0 Å². The molecule has 0 N–H and O–H groups in total. The molecule has 1 spiro atoms. The van der Waals surface area contributed by atoms with Gasteiger partial charge in [-0.1, -0.05) is 262 Å². The van der Waals surface area contributed by atoms with Gasteiger partial charge in [-0.15, -0.1) is 0 Å². The van der Waals surface area contributed by atoms with Crippen LogP contribution in [0.15, 0.2) is 243 Å². The molecule has 392 valence electrons. The third kappa shape index (κ3) is 6.97. The van der Waals surface area contributed by atoms with Gasteiger partial charge in [-0.05, 0) is 177 Å². The third-order valence-electron chi connectivity index (χ3n) is 19.3. The van der Waals surface area contributed by atoms with Crippen molar-refractivity contribution in [2.24, 2.45) is 0 Å². The Labute approximate surface area is 479 Å². The van der Waals surface area contributed by atoms with Crippen molar-refractivity contribution >= 4 is 17.1 Å². The summed E-state index contributed by atoms with van der Waals surface area (Å²) < 4.78 is 0. The molecule has 0 saturated heterocycles. The fourth-order valence-corrected chi connectivity index (χ4v) is 15.2. The standard InChI is InChI=1S/C80H67N/c1-76(2,3)53-37-44-70-65(47-53)66-48-54(77(4,5)6)38-45-71(66)80(70)69-32-19-15-25-58(69)61-43-41-56(49-73(61)80)81(74-33-20-16-27-62(74)64-29-21-28-63-59-26-13-17-30-67(59)78(7,8)75(63)64)55-39-34-50(35-40-55)51-36-42-60-57-24-14-18-31-68(57)79(9,72(60)46-51)52-22-11-10-12-23-52/h10-49H,1-9H3. The summed E-state index contributed by atoms with van der Waals surface area (Å²) in [6.07, 6.45) is 0. The van der Waals surface area contributed by atoms with Crippen LogP contribution in [-0.2, 0) is 27.1 Å². The Morgan fingerprint density at radius 3 is 1.40 bits per heavy atom. The van der Waals surface area contributed by atoms with E-state index in [1.165, 1.54) is 128 Å². The highest BCUT2D eigenvalue weighted by Crippen LogP contribution is 2.65. The molecule has 1 unspecified atom stereocenters. The second-order valence-electron chi connectivity index (χ2n) is 26.1. The molecule has 0 aromatic heterocycles. The van der Waals surface area contributed by atoms with Crippen molar-refractivity contribution in [1.29, 1.82) is 0 Å². The van der Waals surface area contributed by atoms with Crippen molar-refractivity contribution in [3.8, 4) is 66.8 Å². The van der Waals surface area contributed by atoms with Crippen molar-refractivity contribution in [3.63, 3.8) is 0 Å². The number of nitrogens with zero attached hydrogens (tertiary/aromatic N) is 1. The average Bonchev–Trinajstić information content (AvgIpc) is 2.08. The van der Waals surface area contributed by atoms with Crippen LogP contribution in [0, 0.1) is 0 Å². The minimum Gasteiger partial charge on any atom is -0.310 e. The van der Waals surface area contributed by atoms with Crippen LogP contribution in [0.5, 0.6) is 0 Å². The van der Waals surface area contributed by atoms with Crippen molar-refractivity contribution in [2.45, 2.75) is 89.4 Å². The van der Waals surface area contributed by atoms with E-state index in [0.29, 0.717) is 0 Å². The lowest BCUT2D eigenvalue weighted by atomic mass is 9.70. The van der Waals surface area contributed by atoms with Gasteiger partial charge in [0.1, 0.15) is 0 Å². The van der Waals surface area contributed by atoms with E-state index in [1.54, 1.807) is 0 Å². The van der Waals surface area contributed by atoms with Gasteiger partial charge in [0.25, 0.3) is 0 Å². The van der Waals surface area contributed by atoms with Gasteiger partial charge in [0.05, 0.1) is 11.1 Å². The predicted molar refractivity (Wildman–Crippen MR) is 341 cm³/mol. The van der Waals surface area contributed by atoms with Crippen LogP contribution in [0.3, 0.4) is 0 Å². The molecule has 1 nitrogen and oxygen atoms in total. The van der Waals surface area contributed by atoms with E-state index >= 15 is 0 Å². The molecule has 4 aliphatic rings. The summed E-state index contributed by atoms with van der Waals surface area (Å²) in [6.45, 7) is 21.3. The first-order valence-electron chi connectivity index (χ1n) is 29.2. The number of hydrogen-bond donors (Lipinski definition) is 0. The maximum atomic E-state index is 2.56. The zero-order valence-electron chi connectivity index (χ0n) is 48.0. The quantitative estimate of drug-likeness (QED) is 0.160. The van der Waals surface area contributed by atoms with Gasteiger partial charge in [-0.25, -0.2) is 0 Å². The first-order chi connectivity index (χ1) is 39.1. The third-order valence-corrected chi connectivity index (χ3v) is 19.3. The van der Waals surface area contributed by atoms with Gasteiger partial charge in [0.2, 0.25) is 0 Å². The van der Waals surface area contributed by atoms with E-state index in [1.807, 2.05) is 0 Å². The number of fused-ring (bicyclic) bond motifs is 16. The van der Waals surface area contributed by atoms with E-state index < -0.39 is 5.41 Å². The predicted octanol–water partition coefficient (Wildman–Crippen LogP) is 21.1. The van der Waals surface area contributed by atoms with Crippen LogP contribution in [0.25, 0.3) is 66.8 Å². The molecule has 4 aliphatic carbocycles. The Bertz CT molecular complexity index is 4340. The SMILES string of the molecule is CC(C)(C)c1ccc2c(c1)-c1cc(C(C)(C)C)ccc1C21c2ccccc2-c2ccc(N(c3ccc(-c4ccc5c(c4)C(C)(c4ccccc4)c4ccccc4-5)cc3)c3ccccc3-c3cccc4c3C(C)(C)c3ccccc3-4)cc21. The highest BCUT2D eigenvalue weighted by atomic mass is 15.1. The minimum atomic E-state index is -0.536.